The van der Waals surface area contributed by atoms with Gasteiger partial charge in [-0.2, -0.15) is 0 Å². The fourth-order valence-corrected chi connectivity index (χ4v) is 3.86. The third-order valence-corrected chi connectivity index (χ3v) is 5.21. The van der Waals surface area contributed by atoms with Crippen LogP contribution in [0.5, 0.6) is 0 Å². The second-order valence-corrected chi connectivity index (χ2v) is 7.34. The van der Waals surface area contributed by atoms with Crippen molar-refractivity contribution in [2.75, 3.05) is 11.1 Å². The second-order valence-electron chi connectivity index (χ2n) is 6.28. The molecule has 0 spiro atoms. The van der Waals surface area contributed by atoms with E-state index in [1.165, 1.54) is 11.8 Å². The molecule has 0 saturated carbocycles. The first kappa shape index (κ1) is 18.9. The maximum Gasteiger partial charge on any atom is 0.266 e. The summed E-state index contributed by atoms with van der Waals surface area (Å²) >= 11 is 1.39. The SMILES string of the molecule is O=C(CCSc1nc2ccccc2c(=O)n1-c1ccccc1)Nc1cccnc1. The summed E-state index contributed by atoms with van der Waals surface area (Å²) in [6.45, 7) is 0. The molecule has 7 heteroatoms. The van der Waals surface area contributed by atoms with Gasteiger partial charge in [-0.05, 0) is 36.4 Å². The van der Waals surface area contributed by atoms with Gasteiger partial charge in [0, 0.05) is 18.4 Å². The summed E-state index contributed by atoms with van der Waals surface area (Å²) in [5.74, 6) is 0.379. The van der Waals surface area contributed by atoms with Crippen LogP contribution in [-0.4, -0.2) is 26.2 Å². The summed E-state index contributed by atoms with van der Waals surface area (Å²) in [7, 11) is 0. The molecule has 2 heterocycles. The van der Waals surface area contributed by atoms with Gasteiger partial charge < -0.3 is 5.32 Å². The van der Waals surface area contributed by atoms with Gasteiger partial charge in [0.25, 0.3) is 5.56 Å². The summed E-state index contributed by atoms with van der Waals surface area (Å²) < 4.78 is 1.60. The summed E-state index contributed by atoms with van der Waals surface area (Å²) in [5.41, 5.74) is 1.93. The van der Waals surface area contributed by atoms with E-state index in [9.17, 15) is 9.59 Å². The van der Waals surface area contributed by atoms with E-state index in [0.29, 0.717) is 27.5 Å². The quantitative estimate of drug-likeness (QED) is 0.391. The number of aromatic nitrogens is 3. The zero-order valence-corrected chi connectivity index (χ0v) is 16.3. The van der Waals surface area contributed by atoms with Crippen molar-refractivity contribution in [3.05, 3.63) is 89.5 Å². The Hall–Kier alpha value is -3.45. The van der Waals surface area contributed by atoms with E-state index in [1.807, 2.05) is 48.5 Å². The fourth-order valence-electron chi connectivity index (χ4n) is 2.91. The predicted molar refractivity (Wildman–Crippen MR) is 116 cm³/mol. The van der Waals surface area contributed by atoms with Crippen molar-refractivity contribution in [3.8, 4) is 5.69 Å². The van der Waals surface area contributed by atoms with Crippen LogP contribution in [0.25, 0.3) is 16.6 Å². The largest absolute Gasteiger partial charge is 0.325 e. The van der Waals surface area contributed by atoms with Crippen LogP contribution in [0, 0.1) is 0 Å². The van der Waals surface area contributed by atoms with Gasteiger partial charge in [0.05, 0.1) is 28.5 Å². The zero-order chi connectivity index (χ0) is 20.1. The standard InChI is InChI=1S/C22H18N4O2S/c27-20(24-16-7-6-13-23-15-16)12-14-29-22-25-19-11-5-4-10-18(19)21(28)26(22)17-8-2-1-3-9-17/h1-11,13,15H,12,14H2,(H,24,27). The number of pyridine rings is 1. The third kappa shape index (κ3) is 4.35. The normalized spacial score (nSPS) is 10.8. The number of nitrogens with zero attached hydrogens (tertiary/aromatic N) is 3. The smallest absolute Gasteiger partial charge is 0.266 e. The van der Waals surface area contributed by atoms with Crippen molar-refractivity contribution < 1.29 is 4.79 Å². The Morgan fingerprint density at radius 1 is 1.00 bits per heavy atom. The number of hydrogen-bond donors (Lipinski definition) is 1. The molecule has 0 fully saturated rings. The number of para-hydroxylation sites is 2. The van der Waals surface area contributed by atoms with Gasteiger partial charge in [-0.25, -0.2) is 4.98 Å². The van der Waals surface area contributed by atoms with Gasteiger partial charge in [-0.1, -0.05) is 42.1 Å². The number of fused-ring (bicyclic) bond motifs is 1. The summed E-state index contributed by atoms with van der Waals surface area (Å²) in [6.07, 6.45) is 3.54. The number of hydrogen-bond acceptors (Lipinski definition) is 5. The molecule has 0 aliphatic rings. The number of benzene rings is 2. The van der Waals surface area contributed by atoms with Gasteiger partial charge in [0.15, 0.2) is 5.16 Å². The molecule has 29 heavy (non-hydrogen) atoms. The number of carbonyl (C=O) groups is 1. The predicted octanol–water partition coefficient (Wildman–Crippen LogP) is 3.90. The molecule has 4 rings (SSSR count). The Balaban J connectivity index is 1.58. The average Bonchev–Trinajstić information content (AvgIpc) is 2.75. The van der Waals surface area contributed by atoms with Crippen LogP contribution in [0.3, 0.4) is 0 Å². The Morgan fingerprint density at radius 3 is 2.59 bits per heavy atom. The van der Waals surface area contributed by atoms with E-state index in [0.717, 1.165) is 5.69 Å². The number of carbonyl (C=O) groups excluding carboxylic acids is 1. The first-order chi connectivity index (χ1) is 14.2. The molecule has 0 saturated heterocycles. The van der Waals surface area contributed by atoms with Crippen LogP contribution in [-0.2, 0) is 4.79 Å². The Labute approximate surface area is 171 Å². The molecular formula is C22H18N4O2S. The molecule has 0 bridgehead atoms. The van der Waals surface area contributed by atoms with Crippen LogP contribution in [0.15, 0.2) is 89.1 Å². The summed E-state index contributed by atoms with van der Waals surface area (Å²) in [5, 5.41) is 3.94. The fraction of sp³-hybridized carbons (Fsp3) is 0.0909. The topological polar surface area (TPSA) is 76.9 Å². The van der Waals surface area contributed by atoms with Crippen molar-refractivity contribution in [2.24, 2.45) is 0 Å². The van der Waals surface area contributed by atoms with Crippen LogP contribution < -0.4 is 10.9 Å². The number of anilines is 1. The number of thioether (sulfide) groups is 1. The van der Waals surface area contributed by atoms with E-state index in [-0.39, 0.29) is 17.9 Å². The van der Waals surface area contributed by atoms with Crippen LogP contribution in [0.2, 0.25) is 0 Å². The van der Waals surface area contributed by atoms with Crippen molar-refractivity contribution >= 4 is 34.3 Å². The third-order valence-electron chi connectivity index (χ3n) is 4.26. The highest BCUT2D eigenvalue weighted by atomic mass is 32.2. The Morgan fingerprint density at radius 2 is 1.79 bits per heavy atom. The zero-order valence-electron chi connectivity index (χ0n) is 15.5. The molecule has 4 aromatic rings. The van der Waals surface area contributed by atoms with Gasteiger partial charge in [0.1, 0.15) is 0 Å². The number of amides is 1. The highest BCUT2D eigenvalue weighted by molar-refractivity contribution is 7.99. The highest BCUT2D eigenvalue weighted by Crippen LogP contribution is 2.22. The maximum absolute atomic E-state index is 13.1. The molecule has 1 N–H and O–H groups in total. The molecule has 0 aliphatic heterocycles. The molecular weight excluding hydrogens is 384 g/mol. The Kier molecular flexibility index (Phi) is 5.67. The lowest BCUT2D eigenvalue weighted by Gasteiger charge is -2.13. The first-order valence-corrected chi connectivity index (χ1v) is 10.1. The van der Waals surface area contributed by atoms with Crippen LogP contribution in [0.1, 0.15) is 6.42 Å². The summed E-state index contributed by atoms with van der Waals surface area (Å²) in [4.78, 5) is 34.0. The second kappa shape index (κ2) is 8.70. The van der Waals surface area contributed by atoms with E-state index in [2.05, 4.69) is 15.3 Å². The van der Waals surface area contributed by atoms with Crippen molar-refractivity contribution in [1.82, 2.24) is 14.5 Å². The van der Waals surface area contributed by atoms with E-state index in [1.54, 1.807) is 35.2 Å². The molecule has 2 aromatic heterocycles. The molecule has 2 aromatic carbocycles. The van der Waals surface area contributed by atoms with Gasteiger partial charge in [-0.3, -0.25) is 19.1 Å². The summed E-state index contributed by atoms with van der Waals surface area (Å²) in [6, 6.07) is 20.3. The minimum absolute atomic E-state index is 0.111. The minimum atomic E-state index is -0.121. The average molecular weight is 402 g/mol. The molecule has 6 nitrogen and oxygen atoms in total. The van der Waals surface area contributed by atoms with Crippen LogP contribution >= 0.6 is 11.8 Å². The molecule has 144 valence electrons. The molecule has 0 atom stereocenters. The van der Waals surface area contributed by atoms with Gasteiger partial charge >= 0.3 is 0 Å². The van der Waals surface area contributed by atoms with Gasteiger partial charge in [-0.15, -0.1) is 0 Å². The van der Waals surface area contributed by atoms with Crippen molar-refractivity contribution in [2.45, 2.75) is 11.6 Å². The van der Waals surface area contributed by atoms with E-state index >= 15 is 0 Å². The maximum atomic E-state index is 13.1. The monoisotopic (exact) mass is 402 g/mol. The van der Waals surface area contributed by atoms with Gasteiger partial charge in [0.2, 0.25) is 5.91 Å². The first-order valence-electron chi connectivity index (χ1n) is 9.12. The molecule has 0 unspecified atom stereocenters. The highest BCUT2D eigenvalue weighted by Gasteiger charge is 2.13. The lowest BCUT2D eigenvalue weighted by Crippen LogP contribution is -2.22. The number of nitrogens with one attached hydrogen (secondary N) is 1. The molecule has 1 amide bonds. The van der Waals surface area contributed by atoms with Crippen LogP contribution in [0.4, 0.5) is 5.69 Å². The number of rotatable bonds is 6. The lowest BCUT2D eigenvalue weighted by atomic mass is 10.2. The van der Waals surface area contributed by atoms with Crippen molar-refractivity contribution in [3.63, 3.8) is 0 Å². The molecule has 0 radical (unpaired) electrons. The van der Waals surface area contributed by atoms with Crippen molar-refractivity contribution in [1.29, 1.82) is 0 Å². The lowest BCUT2D eigenvalue weighted by molar-refractivity contribution is -0.115. The molecule has 0 aliphatic carbocycles. The van der Waals surface area contributed by atoms with E-state index in [4.69, 9.17) is 0 Å². The minimum Gasteiger partial charge on any atom is -0.325 e. The Bertz CT molecular complexity index is 1190. The van der Waals surface area contributed by atoms with E-state index < -0.39 is 0 Å².